The zero-order chi connectivity index (χ0) is 22.2. The van der Waals surface area contributed by atoms with Gasteiger partial charge in [-0.25, -0.2) is 21.8 Å². The first-order valence-corrected chi connectivity index (χ1v) is 10.5. The van der Waals surface area contributed by atoms with Crippen molar-refractivity contribution in [1.29, 1.82) is 0 Å². The van der Waals surface area contributed by atoms with Gasteiger partial charge in [-0.3, -0.25) is 4.98 Å². The molecule has 32 heavy (non-hydrogen) atoms. The number of pyridine rings is 2. The number of nitrogens with one attached hydrogen (secondary N) is 2. The van der Waals surface area contributed by atoms with E-state index in [0.29, 0.717) is 23.7 Å². The van der Waals surface area contributed by atoms with Crippen LogP contribution >= 0.6 is 12.4 Å². The molecule has 0 aliphatic carbocycles. The van der Waals surface area contributed by atoms with Gasteiger partial charge in [-0.1, -0.05) is 6.07 Å². The summed E-state index contributed by atoms with van der Waals surface area (Å²) in [5.74, 6) is -4.02. The molecule has 0 spiro atoms. The van der Waals surface area contributed by atoms with Crippen LogP contribution in [0.4, 0.5) is 24.5 Å². The maximum Gasteiger partial charge on any atom is 0.269 e. The van der Waals surface area contributed by atoms with Crippen molar-refractivity contribution in [2.75, 3.05) is 12.4 Å². The Hall–Kier alpha value is -3.15. The van der Waals surface area contributed by atoms with Crippen LogP contribution in [-0.2, 0) is 16.6 Å². The van der Waals surface area contributed by atoms with Crippen LogP contribution in [0.3, 0.4) is 0 Å². The molecule has 1 aromatic carbocycles. The minimum absolute atomic E-state index is 0. The summed E-state index contributed by atoms with van der Waals surface area (Å²) in [7, 11) is -2.27. The minimum Gasteiger partial charge on any atom is -0.350 e. The highest BCUT2D eigenvalue weighted by Gasteiger charge is 2.22. The third-order valence-corrected chi connectivity index (χ3v) is 6.27. The van der Waals surface area contributed by atoms with Crippen molar-refractivity contribution in [3.8, 4) is 0 Å². The Kier molecular flexibility index (Phi) is 6.72. The highest BCUT2D eigenvalue weighted by Crippen LogP contribution is 2.31. The Bertz CT molecular complexity index is 1380. The second-order valence-corrected chi connectivity index (χ2v) is 8.43. The number of nitrogens with zero attached hydrogens (tertiary/aromatic N) is 3. The summed E-state index contributed by atoms with van der Waals surface area (Å²) in [5, 5.41) is 6.06. The molecule has 0 atom stereocenters. The molecule has 0 aliphatic heterocycles. The molecule has 0 fully saturated rings. The van der Waals surface area contributed by atoms with Crippen molar-refractivity contribution in [3.05, 3.63) is 78.3 Å². The molecule has 4 rings (SSSR count). The summed E-state index contributed by atoms with van der Waals surface area (Å²) in [4.78, 5) is 6.82. The number of rotatable bonds is 6. The van der Waals surface area contributed by atoms with Crippen molar-refractivity contribution >= 4 is 44.7 Å². The standard InChI is InChI=1S/C20H16F3N5O2S.ClH/c1-24-8-12-11-28(31(29,30)14-3-2-6-25-9-14)17-7-13(4-5-15(12)17)27-19-16(21)10-26-20(23)18(19)22;/h2-7,9-11,24H,8H2,1H3,(H,26,27);1H. The summed E-state index contributed by atoms with van der Waals surface area (Å²) < 4.78 is 68.9. The molecule has 0 bridgehead atoms. The van der Waals surface area contributed by atoms with Crippen LogP contribution in [-0.4, -0.2) is 29.4 Å². The monoisotopic (exact) mass is 483 g/mol. The molecule has 0 amide bonds. The second kappa shape index (κ2) is 9.15. The van der Waals surface area contributed by atoms with Crippen LogP contribution in [0.25, 0.3) is 10.9 Å². The molecule has 0 aliphatic rings. The van der Waals surface area contributed by atoms with Gasteiger partial charge in [0.2, 0.25) is 5.82 Å². The lowest BCUT2D eigenvalue weighted by atomic mass is 10.1. The Morgan fingerprint density at radius 1 is 1.12 bits per heavy atom. The minimum atomic E-state index is -4.00. The van der Waals surface area contributed by atoms with E-state index in [1.165, 1.54) is 42.9 Å². The predicted octanol–water partition coefficient (Wildman–Crippen LogP) is 3.97. The van der Waals surface area contributed by atoms with E-state index in [1.54, 1.807) is 13.1 Å². The van der Waals surface area contributed by atoms with Crippen molar-refractivity contribution in [2.45, 2.75) is 11.4 Å². The zero-order valence-electron chi connectivity index (χ0n) is 16.5. The number of anilines is 2. The smallest absolute Gasteiger partial charge is 0.269 e. The van der Waals surface area contributed by atoms with Crippen LogP contribution in [0.15, 0.2) is 60.0 Å². The maximum absolute atomic E-state index is 14.0. The topological polar surface area (TPSA) is 88.9 Å². The van der Waals surface area contributed by atoms with E-state index < -0.39 is 33.3 Å². The van der Waals surface area contributed by atoms with Crippen LogP contribution in [0.2, 0.25) is 0 Å². The van der Waals surface area contributed by atoms with Gasteiger partial charge in [-0.15, -0.1) is 12.4 Å². The molecule has 4 aromatic rings. The second-order valence-electron chi connectivity index (χ2n) is 6.62. The molecule has 168 valence electrons. The lowest BCUT2D eigenvalue weighted by Crippen LogP contribution is -2.12. The SMILES string of the molecule is CNCc1cn(S(=O)(=O)c2cccnc2)c2cc(Nc3c(F)cnc(F)c3F)ccc12.Cl. The molecule has 0 saturated heterocycles. The summed E-state index contributed by atoms with van der Waals surface area (Å²) in [5.41, 5.74) is 0.404. The predicted molar refractivity (Wildman–Crippen MR) is 116 cm³/mol. The first-order chi connectivity index (χ1) is 14.8. The highest BCUT2D eigenvalue weighted by atomic mass is 35.5. The van der Waals surface area contributed by atoms with Crippen LogP contribution in [0, 0.1) is 17.6 Å². The third kappa shape index (κ3) is 4.14. The summed E-state index contributed by atoms with van der Waals surface area (Å²) in [6, 6.07) is 7.47. The number of aromatic nitrogens is 3. The van der Waals surface area contributed by atoms with Crippen molar-refractivity contribution in [1.82, 2.24) is 19.3 Å². The van der Waals surface area contributed by atoms with Gasteiger partial charge >= 0.3 is 0 Å². The van der Waals surface area contributed by atoms with Crippen LogP contribution in [0.5, 0.6) is 0 Å². The molecule has 2 N–H and O–H groups in total. The van der Waals surface area contributed by atoms with Gasteiger partial charge in [0, 0.05) is 36.2 Å². The summed E-state index contributed by atoms with van der Waals surface area (Å²) in [6.45, 7) is 0.387. The Labute approximate surface area is 187 Å². The average molecular weight is 484 g/mol. The molecular weight excluding hydrogens is 467 g/mol. The molecule has 7 nitrogen and oxygen atoms in total. The van der Waals surface area contributed by atoms with E-state index in [4.69, 9.17) is 0 Å². The van der Waals surface area contributed by atoms with Gasteiger partial charge in [-0.2, -0.15) is 8.78 Å². The maximum atomic E-state index is 14.0. The molecule has 12 heteroatoms. The Morgan fingerprint density at radius 2 is 1.91 bits per heavy atom. The van der Waals surface area contributed by atoms with Gasteiger partial charge in [-0.05, 0) is 36.9 Å². The van der Waals surface area contributed by atoms with E-state index >= 15 is 0 Å². The van der Waals surface area contributed by atoms with Crippen molar-refractivity contribution in [2.24, 2.45) is 0 Å². The average Bonchev–Trinajstić information content (AvgIpc) is 3.13. The van der Waals surface area contributed by atoms with Gasteiger partial charge in [0.1, 0.15) is 10.6 Å². The lowest BCUT2D eigenvalue weighted by molar-refractivity contribution is 0.469. The first-order valence-electron chi connectivity index (χ1n) is 9.03. The fourth-order valence-electron chi connectivity index (χ4n) is 3.19. The van der Waals surface area contributed by atoms with E-state index in [-0.39, 0.29) is 28.5 Å². The quantitative estimate of drug-likeness (QED) is 0.403. The number of halogens is 4. The lowest BCUT2D eigenvalue weighted by Gasteiger charge is -2.11. The normalized spacial score (nSPS) is 11.4. The summed E-state index contributed by atoms with van der Waals surface area (Å²) >= 11 is 0. The van der Waals surface area contributed by atoms with Gasteiger partial charge < -0.3 is 10.6 Å². The van der Waals surface area contributed by atoms with Crippen molar-refractivity contribution < 1.29 is 21.6 Å². The van der Waals surface area contributed by atoms with E-state index in [0.717, 1.165) is 3.97 Å². The van der Waals surface area contributed by atoms with Gasteiger partial charge in [0.15, 0.2) is 5.82 Å². The highest BCUT2D eigenvalue weighted by molar-refractivity contribution is 7.90. The van der Waals surface area contributed by atoms with Crippen molar-refractivity contribution in [3.63, 3.8) is 0 Å². The number of hydrogen-bond donors (Lipinski definition) is 2. The molecule has 0 saturated carbocycles. The fraction of sp³-hybridized carbons (Fsp3) is 0.100. The molecular formula is C20H17ClF3N5O2S. The Balaban J connectivity index is 0.00000289. The number of fused-ring (bicyclic) bond motifs is 1. The van der Waals surface area contributed by atoms with Crippen LogP contribution < -0.4 is 10.6 Å². The Morgan fingerprint density at radius 3 is 2.59 bits per heavy atom. The third-order valence-electron chi connectivity index (χ3n) is 4.61. The number of benzene rings is 1. The zero-order valence-corrected chi connectivity index (χ0v) is 18.1. The molecule has 0 radical (unpaired) electrons. The molecule has 3 heterocycles. The fourth-order valence-corrected chi connectivity index (χ4v) is 4.54. The molecule has 3 aromatic heterocycles. The van der Waals surface area contributed by atoms with E-state index in [1.807, 2.05) is 0 Å². The first kappa shape index (κ1) is 23.5. The van der Waals surface area contributed by atoms with Crippen LogP contribution in [0.1, 0.15) is 5.56 Å². The van der Waals surface area contributed by atoms with Gasteiger partial charge in [0.25, 0.3) is 16.0 Å². The van der Waals surface area contributed by atoms with Gasteiger partial charge in [0.05, 0.1) is 11.7 Å². The van der Waals surface area contributed by atoms with E-state index in [2.05, 4.69) is 20.6 Å². The van der Waals surface area contributed by atoms with E-state index in [9.17, 15) is 21.6 Å². The largest absolute Gasteiger partial charge is 0.350 e. The summed E-state index contributed by atoms with van der Waals surface area (Å²) in [6.07, 6.45) is 4.71. The number of hydrogen-bond acceptors (Lipinski definition) is 6. The molecule has 0 unspecified atom stereocenters.